The Balaban J connectivity index is 0.00000235. The third-order valence-corrected chi connectivity index (χ3v) is 6.29. The zero-order valence-corrected chi connectivity index (χ0v) is 22.9. The molecule has 1 aromatic carbocycles. The van der Waals surface area contributed by atoms with E-state index in [4.69, 9.17) is 0 Å². The summed E-state index contributed by atoms with van der Waals surface area (Å²) in [5.41, 5.74) is 2.01. The van der Waals surface area contributed by atoms with Crippen molar-refractivity contribution in [2.75, 3.05) is 11.4 Å². The van der Waals surface area contributed by atoms with Gasteiger partial charge in [-0.25, -0.2) is 0 Å². The minimum absolute atomic E-state index is 0.0778. The number of carbonyl (C=O) groups excluding carboxylic acids is 2. The number of carbonyl (C=O) groups is 2. The first-order valence-corrected chi connectivity index (χ1v) is 13.0. The van der Waals surface area contributed by atoms with Crippen LogP contribution in [0.1, 0.15) is 66.4 Å². The van der Waals surface area contributed by atoms with Gasteiger partial charge >= 0.3 is 0 Å². The molecular formula is C29H41N5O3. The number of aliphatic hydroxyl groups excluding tert-OH is 1. The molecule has 1 aliphatic heterocycles. The van der Waals surface area contributed by atoms with E-state index >= 15 is 0 Å². The molecule has 3 unspecified atom stereocenters. The SMILES string of the molecule is C=N/C=C(\C=C/C)C(C(=O)NC1CC1)N(C(=O)C1CC(O)CN1C#N)c1ccc(C(C)(C)C)cc1.CC. The second-order valence-electron chi connectivity index (χ2n) is 10.2. The minimum atomic E-state index is -1.02. The topological polar surface area (TPSA) is 109 Å². The maximum absolute atomic E-state index is 14.0. The first-order chi connectivity index (χ1) is 17.6. The molecule has 2 N–H and O–H groups in total. The van der Waals surface area contributed by atoms with Gasteiger partial charge in [-0.15, -0.1) is 0 Å². The van der Waals surface area contributed by atoms with Crippen molar-refractivity contribution in [1.29, 1.82) is 5.26 Å². The van der Waals surface area contributed by atoms with E-state index in [0.717, 1.165) is 18.4 Å². The number of hydrogen-bond acceptors (Lipinski definition) is 6. The first kappa shape index (κ1) is 29.8. The van der Waals surface area contributed by atoms with Crippen LogP contribution in [0.5, 0.6) is 0 Å². The average Bonchev–Trinajstić information content (AvgIpc) is 3.60. The highest BCUT2D eigenvalue weighted by Gasteiger charge is 2.43. The Labute approximate surface area is 221 Å². The highest BCUT2D eigenvalue weighted by molar-refractivity contribution is 6.05. The van der Waals surface area contributed by atoms with Crippen LogP contribution >= 0.6 is 0 Å². The number of likely N-dealkylation sites (tertiary alicyclic amines) is 1. The minimum Gasteiger partial charge on any atom is -0.391 e. The quantitative estimate of drug-likeness (QED) is 0.313. The maximum Gasteiger partial charge on any atom is 0.251 e. The van der Waals surface area contributed by atoms with Gasteiger partial charge in [-0.3, -0.25) is 24.4 Å². The summed E-state index contributed by atoms with van der Waals surface area (Å²) < 4.78 is 0. The molecule has 1 heterocycles. The van der Waals surface area contributed by atoms with Gasteiger partial charge in [0.05, 0.1) is 12.6 Å². The predicted molar refractivity (Wildman–Crippen MR) is 148 cm³/mol. The molecule has 0 radical (unpaired) electrons. The summed E-state index contributed by atoms with van der Waals surface area (Å²) in [6.45, 7) is 15.7. The lowest BCUT2D eigenvalue weighted by atomic mass is 9.87. The molecule has 2 fully saturated rings. The standard InChI is InChI=1S/C27H35N5O3.C2H6/c1-6-7-18(15-29-5)24(25(34)30-20-10-11-20)32(21-12-8-19(9-13-21)27(2,3)4)26(35)23-14-22(33)16-31(23)17-28;1-2/h6-9,12-13,15,20,22-24,33H,5,10-11,14,16H2,1-4H3,(H,30,34);1-2H3/b7-6-,18-15+;. The van der Waals surface area contributed by atoms with Gasteiger partial charge in [-0.1, -0.05) is 58.9 Å². The number of β-amino-alcohol motifs (C(OH)–C–C–N with tert-alkyl or cyclic N) is 1. The Kier molecular flexibility index (Phi) is 10.6. The number of aliphatic imine (C=N–C) groups is 1. The number of rotatable bonds is 8. The second kappa shape index (κ2) is 13.2. The van der Waals surface area contributed by atoms with E-state index in [1.807, 2.05) is 51.2 Å². The lowest BCUT2D eigenvalue weighted by molar-refractivity contribution is -0.127. The summed E-state index contributed by atoms with van der Waals surface area (Å²) in [6, 6.07) is 5.72. The zero-order chi connectivity index (χ0) is 27.8. The Hall–Kier alpha value is -3.44. The van der Waals surface area contributed by atoms with Crippen molar-refractivity contribution >= 4 is 24.2 Å². The van der Waals surface area contributed by atoms with Crippen LogP contribution in [0.15, 0.2) is 53.2 Å². The summed E-state index contributed by atoms with van der Waals surface area (Å²) in [6.07, 6.45) is 8.12. The van der Waals surface area contributed by atoms with E-state index in [-0.39, 0.29) is 30.3 Å². The number of hydrogen-bond donors (Lipinski definition) is 2. The van der Waals surface area contributed by atoms with Gasteiger partial charge in [-0.05, 0) is 49.6 Å². The van der Waals surface area contributed by atoms with Crippen LogP contribution in [-0.2, 0) is 15.0 Å². The maximum atomic E-state index is 14.0. The van der Waals surface area contributed by atoms with E-state index in [1.165, 1.54) is 16.0 Å². The molecular weight excluding hydrogens is 466 g/mol. The van der Waals surface area contributed by atoms with Crippen molar-refractivity contribution in [1.82, 2.24) is 10.2 Å². The van der Waals surface area contributed by atoms with Crippen LogP contribution in [0.4, 0.5) is 5.69 Å². The predicted octanol–water partition coefficient (Wildman–Crippen LogP) is 4.07. The third kappa shape index (κ3) is 7.53. The van der Waals surface area contributed by atoms with Crippen LogP contribution in [0, 0.1) is 11.5 Å². The highest BCUT2D eigenvalue weighted by atomic mass is 16.3. The molecule has 8 nitrogen and oxygen atoms in total. The number of nitriles is 1. The number of anilines is 1. The monoisotopic (exact) mass is 507 g/mol. The Morgan fingerprint density at radius 2 is 1.89 bits per heavy atom. The fourth-order valence-electron chi connectivity index (χ4n) is 4.27. The molecule has 8 heteroatoms. The van der Waals surface area contributed by atoms with Crippen molar-refractivity contribution in [3.8, 4) is 6.19 Å². The molecule has 1 aromatic rings. The van der Waals surface area contributed by atoms with Crippen molar-refractivity contribution in [3.63, 3.8) is 0 Å². The molecule has 1 saturated heterocycles. The highest BCUT2D eigenvalue weighted by Crippen LogP contribution is 2.31. The Morgan fingerprint density at radius 1 is 1.27 bits per heavy atom. The molecule has 3 atom stereocenters. The van der Waals surface area contributed by atoms with E-state index in [1.54, 1.807) is 12.2 Å². The van der Waals surface area contributed by atoms with Gasteiger partial charge in [0.15, 0.2) is 6.19 Å². The van der Waals surface area contributed by atoms with Crippen molar-refractivity contribution < 1.29 is 14.7 Å². The van der Waals surface area contributed by atoms with Gasteiger partial charge in [0, 0.05) is 29.9 Å². The van der Waals surface area contributed by atoms with Gasteiger partial charge in [0.2, 0.25) is 5.91 Å². The summed E-state index contributed by atoms with van der Waals surface area (Å²) in [5.74, 6) is -0.752. The number of benzene rings is 1. The number of aliphatic hydroxyl groups is 1. The molecule has 2 aliphatic rings. The summed E-state index contributed by atoms with van der Waals surface area (Å²) >= 11 is 0. The van der Waals surface area contributed by atoms with Crippen LogP contribution in [0.3, 0.4) is 0 Å². The van der Waals surface area contributed by atoms with E-state index in [9.17, 15) is 20.0 Å². The van der Waals surface area contributed by atoms with Gasteiger partial charge in [0.25, 0.3) is 5.91 Å². The lowest BCUT2D eigenvalue weighted by Gasteiger charge is -2.35. The molecule has 0 spiro atoms. The molecule has 3 rings (SSSR count). The average molecular weight is 508 g/mol. The lowest BCUT2D eigenvalue weighted by Crippen LogP contribution is -2.55. The molecule has 0 bridgehead atoms. The molecule has 1 aliphatic carbocycles. The van der Waals surface area contributed by atoms with E-state index in [0.29, 0.717) is 11.3 Å². The molecule has 37 heavy (non-hydrogen) atoms. The number of allylic oxidation sites excluding steroid dienone is 1. The van der Waals surface area contributed by atoms with Crippen LogP contribution in [0.25, 0.3) is 0 Å². The van der Waals surface area contributed by atoms with Crippen LogP contribution in [-0.4, -0.2) is 59.3 Å². The third-order valence-electron chi connectivity index (χ3n) is 6.29. The fourth-order valence-corrected chi connectivity index (χ4v) is 4.27. The number of amides is 2. The van der Waals surface area contributed by atoms with E-state index in [2.05, 4.69) is 37.8 Å². The Bertz CT molecular complexity index is 1040. The summed E-state index contributed by atoms with van der Waals surface area (Å²) in [5, 5.41) is 22.8. The van der Waals surface area contributed by atoms with Gasteiger partial charge in [0.1, 0.15) is 12.1 Å². The number of nitrogens with one attached hydrogen (secondary N) is 1. The van der Waals surface area contributed by atoms with Gasteiger partial charge in [-0.2, -0.15) is 5.26 Å². The normalized spacial score (nSPS) is 20.5. The van der Waals surface area contributed by atoms with Crippen molar-refractivity contribution in [2.45, 2.75) is 90.4 Å². The summed E-state index contributed by atoms with van der Waals surface area (Å²) in [7, 11) is 0. The largest absolute Gasteiger partial charge is 0.391 e. The van der Waals surface area contributed by atoms with Gasteiger partial charge < -0.3 is 10.4 Å². The van der Waals surface area contributed by atoms with Crippen LogP contribution in [0.2, 0.25) is 0 Å². The molecule has 200 valence electrons. The molecule has 2 amide bonds. The first-order valence-electron chi connectivity index (χ1n) is 13.0. The number of nitrogens with zero attached hydrogens (tertiary/aromatic N) is 4. The van der Waals surface area contributed by atoms with Crippen LogP contribution < -0.4 is 10.2 Å². The second-order valence-corrected chi connectivity index (χ2v) is 10.2. The van der Waals surface area contributed by atoms with Crippen molar-refractivity contribution in [3.05, 3.63) is 53.8 Å². The zero-order valence-electron chi connectivity index (χ0n) is 22.9. The van der Waals surface area contributed by atoms with Crippen molar-refractivity contribution in [2.24, 2.45) is 4.99 Å². The molecule has 1 saturated carbocycles. The summed E-state index contributed by atoms with van der Waals surface area (Å²) in [4.78, 5) is 34.2. The smallest absolute Gasteiger partial charge is 0.251 e. The fraction of sp³-hybridized carbons (Fsp3) is 0.517. The Morgan fingerprint density at radius 3 is 2.38 bits per heavy atom. The molecule has 0 aromatic heterocycles. The van der Waals surface area contributed by atoms with E-state index < -0.39 is 24.1 Å².